The Labute approximate surface area is 127 Å². The van der Waals surface area contributed by atoms with Crippen LogP contribution in [0.1, 0.15) is 50.0 Å². The Morgan fingerprint density at radius 3 is 2.48 bits per heavy atom. The summed E-state index contributed by atoms with van der Waals surface area (Å²) in [6.45, 7) is 2.07. The third kappa shape index (κ3) is 2.43. The van der Waals surface area contributed by atoms with Gasteiger partial charge in [0.25, 0.3) is 0 Å². The number of hydrogen-bond acceptors (Lipinski definition) is 3. The van der Waals surface area contributed by atoms with Crippen LogP contribution in [0.5, 0.6) is 0 Å². The molecule has 0 atom stereocenters. The summed E-state index contributed by atoms with van der Waals surface area (Å²) in [4.78, 5) is 7.06. The Kier molecular flexibility index (Phi) is 3.16. The van der Waals surface area contributed by atoms with Crippen molar-refractivity contribution in [3.63, 3.8) is 0 Å². The van der Waals surface area contributed by atoms with Gasteiger partial charge < -0.3 is 10.6 Å². The number of aliphatic imine (C=N–C) groups is 1. The fourth-order valence-corrected chi connectivity index (χ4v) is 4.13. The van der Waals surface area contributed by atoms with E-state index in [0.717, 1.165) is 30.9 Å². The molecule has 0 aromatic heterocycles. The van der Waals surface area contributed by atoms with Crippen molar-refractivity contribution in [2.45, 2.75) is 50.0 Å². The second-order valence-corrected chi connectivity index (χ2v) is 7.14. The van der Waals surface area contributed by atoms with Crippen LogP contribution in [0.15, 0.2) is 35.3 Å². The van der Waals surface area contributed by atoms with E-state index in [-0.39, 0.29) is 5.54 Å². The van der Waals surface area contributed by atoms with E-state index in [9.17, 15) is 0 Å². The minimum atomic E-state index is 0.248. The molecule has 3 aliphatic rings. The summed E-state index contributed by atoms with van der Waals surface area (Å²) in [5.74, 6) is 2.40. The molecule has 1 heterocycles. The van der Waals surface area contributed by atoms with Gasteiger partial charge in [0.05, 0.1) is 12.1 Å². The molecule has 1 aromatic rings. The maximum atomic E-state index is 6.18. The summed E-state index contributed by atoms with van der Waals surface area (Å²) in [5.41, 5.74) is 7.94. The largest absolute Gasteiger partial charge is 0.370 e. The van der Waals surface area contributed by atoms with Crippen LogP contribution in [-0.4, -0.2) is 29.5 Å². The average molecular weight is 283 g/mol. The molecular formula is C18H25N3. The van der Waals surface area contributed by atoms with Crippen LogP contribution in [-0.2, 0) is 0 Å². The first-order valence-corrected chi connectivity index (χ1v) is 8.39. The molecule has 0 saturated heterocycles. The summed E-state index contributed by atoms with van der Waals surface area (Å²) in [7, 11) is 0. The molecule has 2 fully saturated rings. The third-order valence-electron chi connectivity index (χ3n) is 5.71. The summed E-state index contributed by atoms with van der Waals surface area (Å²) < 4.78 is 0. The lowest BCUT2D eigenvalue weighted by Crippen LogP contribution is -2.53. The van der Waals surface area contributed by atoms with Crippen molar-refractivity contribution >= 4 is 5.96 Å². The molecule has 3 heteroatoms. The van der Waals surface area contributed by atoms with Gasteiger partial charge in [-0.1, -0.05) is 30.3 Å². The molecule has 2 aliphatic carbocycles. The molecule has 112 valence electrons. The summed E-state index contributed by atoms with van der Waals surface area (Å²) in [6, 6.07) is 11.0. The highest BCUT2D eigenvalue weighted by Crippen LogP contribution is 2.44. The molecule has 1 aliphatic heterocycles. The Hall–Kier alpha value is -1.51. The molecule has 1 spiro atoms. The predicted molar refractivity (Wildman–Crippen MR) is 86.3 cm³/mol. The molecule has 0 amide bonds. The van der Waals surface area contributed by atoms with Gasteiger partial charge in [-0.15, -0.1) is 0 Å². The van der Waals surface area contributed by atoms with Gasteiger partial charge in [0.1, 0.15) is 0 Å². The molecule has 2 saturated carbocycles. The smallest absolute Gasteiger partial charge is 0.191 e. The molecule has 4 rings (SSSR count). The number of rotatable bonds is 3. The first kappa shape index (κ1) is 13.2. The zero-order valence-corrected chi connectivity index (χ0v) is 12.7. The van der Waals surface area contributed by atoms with E-state index >= 15 is 0 Å². The summed E-state index contributed by atoms with van der Waals surface area (Å²) >= 11 is 0. The topological polar surface area (TPSA) is 41.6 Å². The lowest BCUT2D eigenvalue weighted by molar-refractivity contribution is 0.128. The molecule has 2 N–H and O–H groups in total. The fraction of sp³-hybridized carbons (Fsp3) is 0.611. The molecule has 1 aromatic carbocycles. The molecule has 0 radical (unpaired) electrons. The Morgan fingerprint density at radius 1 is 1.10 bits per heavy atom. The van der Waals surface area contributed by atoms with Gasteiger partial charge in [0, 0.05) is 6.54 Å². The number of nitrogens with two attached hydrogens (primary N) is 1. The Bertz CT molecular complexity index is 525. The highest BCUT2D eigenvalue weighted by atomic mass is 15.4. The van der Waals surface area contributed by atoms with Crippen molar-refractivity contribution in [3.05, 3.63) is 35.9 Å². The minimum Gasteiger partial charge on any atom is -0.370 e. The van der Waals surface area contributed by atoms with E-state index in [1.54, 1.807) is 0 Å². The number of nitrogens with zero attached hydrogens (tertiary/aromatic N) is 2. The Morgan fingerprint density at radius 2 is 1.81 bits per heavy atom. The van der Waals surface area contributed by atoms with E-state index in [1.165, 1.54) is 44.1 Å². The van der Waals surface area contributed by atoms with Crippen molar-refractivity contribution in [3.8, 4) is 0 Å². The SMILES string of the molecule is NC1=NCC2(CCC(c3ccccc3)CC2)N1CC1CC1. The van der Waals surface area contributed by atoms with Crippen LogP contribution in [0.2, 0.25) is 0 Å². The van der Waals surface area contributed by atoms with Crippen LogP contribution in [0.3, 0.4) is 0 Å². The highest BCUT2D eigenvalue weighted by molar-refractivity contribution is 5.81. The van der Waals surface area contributed by atoms with Gasteiger partial charge in [-0.2, -0.15) is 0 Å². The monoisotopic (exact) mass is 283 g/mol. The van der Waals surface area contributed by atoms with Crippen molar-refractivity contribution in [1.29, 1.82) is 0 Å². The van der Waals surface area contributed by atoms with E-state index < -0.39 is 0 Å². The first-order chi connectivity index (χ1) is 10.3. The zero-order valence-electron chi connectivity index (χ0n) is 12.7. The van der Waals surface area contributed by atoms with Crippen LogP contribution in [0.4, 0.5) is 0 Å². The maximum Gasteiger partial charge on any atom is 0.191 e. The molecule has 0 unspecified atom stereocenters. The van der Waals surface area contributed by atoms with E-state index in [1.807, 2.05) is 0 Å². The molecule has 0 bridgehead atoms. The molecular weight excluding hydrogens is 258 g/mol. The van der Waals surface area contributed by atoms with Crippen molar-refractivity contribution in [2.24, 2.45) is 16.6 Å². The number of hydrogen-bond donors (Lipinski definition) is 1. The van der Waals surface area contributed by atoms with Crippen LogP contribution < -0.4 is 5.73 Å². The lowest BCUT2D eigenvalue weighted by atomic mass is 9.73. The van der Waals surface area contributed by atoms with Crippen molar-refractivity contribution in [1.82, 2.24) is 4.90 Å². The fourth-order valence-electron chi connectivity index (χ4n) is 4.13. The zero-order chi connectivity index (χ0) is 14.3. The average Bonchev–Trinajstić information content (AvgIpc) is 3.31. The lowest BCUT2D eigenvalue weighted by Gasteiger charge is -2.44. The van der Waals surface area contributed by atoms with E-state index in [2.05, 4.69) is 40.2 Å². The van der Waals surface area contributed by atoms with E-state index in [0.29, 0.717) is 0 Å². The van der Waals surface area contributed by atoms with Gasteiger partial charge >= 0.3 is 0 Å². The van der Waals surface area contributed by atoms with Crippen LogP contribution >= 0.6 is 0 Å². The number of guanidine groups is 1. The standard InChI is InChI=1S/C18H25N3/c19-17-20-13-18(21(17)12-14-6-7-14)10-8-16(9-11-18)15-4-2-1-3-5-15/h1-5,14,16H,6-13H2,(H2,19,20). The van der Waals surface area contributed by atoms with Gasteiger partial charge in [-0.25, -0.2) is 0 Å². The second kappa shape index (κ2) is 5.04. The number of benzene rings is 1. The second-order valence-electron chi connectivity index (χ2n) is 7.14. The normalized spacial score (nSPS) is 32.5. The van der Waals surface area contributed by atoms with Crippen molar-refractivity contribution in [2.75, 3.05) is 13.1 Å². The third-order valence-corrected chi connectivity index (χ3v) is 5.71. The maximum absolute atomic E-state index is 6.18. The minimum absolute atomic E-state index is 0.248. The quantitative estimate of drug-likeness (QED) is 0.926. The van der Waals surface area contributed by atoms with Gasteiger partial charge in [0.15, 0.2) is 5.96 Å². The van der Waals surface area contributed by atoms with E-state index in [4.69, 9.17) is 5.73 Å². The molecule has 21 heavy (non-hydrogen) atoms. The molecule has 3 nitrogen and oxygen atoms in total. The van der Waals surface area contributed by atoms with Crippen LogP contribution in [0.25, 0.3) is 0 Å². The van der Waals surface area contributed by atoms with Gasteiger partial charge in [0.2, 0.25) is 0 Å². The first-order valence-electron chi connectivity index (χ1n) is 8.39. The predicted octanol–water partition coefficient (Wildman–Crippen LogP) is 3.12. The van der Waals surface area contributed by atoms with Gasteiger partial charge in [-0.3, -0.25) is 4.99 Å². The van der Waals surface area contributed by atoms with Gasteiger partial charge in [-0.05, 0) is 55.9 Å². The van der Waals surface area contributed by atoms with Crippen LogP contribution in [0, 0.1) is 5.92 Å². The summed E-state index contributed by atoms with van der Waals surface area (Å²) in [6.07, 6.45) is 7.79. The van der Waals surface area contributed by atoms with Crippen molar-refractivity contribution < 1.29 is 0 Å². The summed E-state index contributed by atoms with van der Waals surface area (Å²) in [5, 5.41) is 0. The Balaban J connectivity index is 1.46. The highest BCUT2D eigenvalue weighted by Gasteiger charge is 2.46.